The minimum atomic E-state index is -0.351. The van der Waals surface area contributed by atoms with Crippen LogP contribution in [-0.2, 0) is 0 Å². The van der Waals surface area contributed by atoms with Gasteiger partial charge in [0.05, 0.1) is 6.10 Å². The van der Waals surface area contributed by atoms with Crippen molar-refractivity contribution in [3.05, 3.63) is 54.6 Å². The first-order chi connectivity index (χ1) is 11.1. The van der Waals surface area contributed by atoms with Gasteiger partial charge in [-0.1, -0.05) is 24.3 Å². The first-order valence-electron chi connectivity index (χ1n) is 8.17. The van der Waals surface area contributed by atoms with E-state index in [1.54, 1.807) is 12.1 Å². The maximum absolute atomic E-state index is 9.89. The molecule has 3 rings (SSSR count). The number of hydrogen-bond acceptors (Lipinski definition) is 4. The lowest BCUT2D eigenvalue weighted by atomic mass is 10.0. The Morgan fingerprint density at radius 3 is 2.48 bits per heavy atom. The molecule has 0 radical (unpaired) electrons. The molecule has 1 aliphatic rings. The fraction of sp³-hybridized carbons (Fsp3) is 0.368. The minimum Gasteiger partial charge on any atom is -0.508 e. The van der Waals surface area contributed by atoms with Crippen molar-refractivity contribution in [3.63, 3.8) is 0 Å². The lowest BCUT2D eigenvalue weighted by Gasteiger charge is -2.44. The van der Waals surface area contributed by atoms with Gasteiger partial charge >= 0.3 is 0 Å². The number of aliphatic hydroxyl groups is 1. The van der Waals surface area contributed by atoms with Crippen molar-refractivity contribution < 1.29 is 10.2 Å². The molecule has 2 N–H and O–H groups in total. The van der Waals surface area contributed by atoms with Crippen LogP contribution < -0.4 is 9.80 Å². The summed E-state index contributed by atoms with van der Waals surface area (Å²) in [5.41, 5.74) is 2.24. The molecule has 2 unspecified atom stereocenters. The third-order valence-electron chi connectivity index (χ3n) is 4.38. The van der Waals surface area contributed by atoms with Crippen LogP contribution in [0.25, 0.3) is 0 Å². The standard InChI is InChI=1S/C19H24N2O2/c1-15(22)12-18-14-20(16-6-3-2-4-7-16)10-11-21(18)17-8-5-9-19(23)13-17/h2-9,13,15,18,22-23H,10-12,14H2,1H3. The molecular formula is C19H24N2O2. The Hall–Kier alpha value is -2.20. The summed E-state index contributed by atoms with van der Waals surface area (Å²) < 4.78 is 0. The van der Waals surface area contributed by atoms with Crippen molar-refractivity contribution in [3.8, 4) is 5.75 Å². The van der Waals surface area contributed by atoms with E-state index in [-0.39, 0.29) is 17.9 Å². The quantitative estimate of drug-likeness (QED) is 0.911. The average Bonchev–Trinajstić information content (AvgIpc) is 2.55. The molecule has 0 aromatic heterocycles. The molecule has 23 heavy (non-hydrogen) atoms. The molecule has 4 heteroatoms. The van der Waals surface area contributed by atoms with Crippen LogP contribution in [0.3, 0.4) is 0 Å². The van der Waals surface area contributed by atoms with E-state index in [4.69, 9.17) is 0 Å². The van der Waals surface area contributed by atoms with Gasteiger partial charge in [0.2, 0.25) is 0 Å². The predicted molar refractivity (Wildman–Crippen MR) is 94.2 cm³/mol. The van der Waals surface area contributed by atoms with E-state index in [1.807, 2.05) is 25.1 Å². The summed E-state index contributed by atoms with van der Waals surface area (Å²) in [5, 5.41) is 19.6. The topological polar surface area (TPSA) is 46.9 Å². The number of hydrogen-bond donors (Lipinski definition) is 2. The molecule has 0 amide bonds. The molecule has 2 aromatic rings. The Bertz CT molecular complexity index is 630. The normalized spacial score (nSPS) is 19.7. The molecule has 1 fully saturated rings. The molecule has 0 aliphatic carbocycles. The molecule has 122 valence electrons. The largest absolute Gasteiger partial charge is 0.508 e. The van der Waals surface area contributed by atoms with Crippen molar-refractivity contribution in [2.45, 2.75) is 25.5 Å². The second-order valence-electron chi connectivity index (χ2n) is 6.23. The zero-order valence-corrected chi connectivity index (χ0v) is 13.5. The fourth-order valence-electron chi connectivity index (χ4n) is 3.34. The number of piperazine rings is 1. The molecular weight excluding hydrogens is 288 g/mol. The summed E-state index contributed by atoms with van der Waals surface area (Å²) in [6.07, 6.45) is 0.356. The van der Waals surface area contributed by atoms with Crippen molar-refractivity contribution >= 4 is 11.4 Å². The highest BCUT2D eigenvalue weighted by molar-refractivity contribution is 5.55. The van der Waals surface area contributed by atoms with Gasteiger partial charge in [0.1, 0.15) is 5.75 Å². The molecule has 0 bridgehead atoms. The third kappa shape index (κ3) is 3.77. The first-order valence-corrected chi connectivity index (χ1v) is 8.17. The van der Waals surface area contributed by atoms with Gasteiger partial charge in [-0.3, -0.25) is 0 Å². The van der Waals surface area contributed by atoms with Gasteiger partial charge in [-0.05, 0) is 37.6 Å². The van der Waals surface area contributed by atoms with Crippen molar-refractivity contribution in [2.24, 2.45) is 0 Å². The zero-order chi connectivity index (χ0) is 16.2. The van der Waals surface area contributed by atoms with E-state index >= 15 is 0 Å². The number of phenols is 1. The summed E-state index contributed by atoms with van der Waals surface area (Å²) in [6.45, 7) is 4.50. The van der Waals surface area contributed by atoms with Crippen LogP contribution in [0.4, 0.5) is 11.4 Å². The number of phenolic OH excluding ortho intramolecular Hbond substituents is 1. The van der Waals surface area contributed by atoms with Crippen molar-refractivity contribution in [2.75, 3.05) is 29.4 Å². The Kier molecular flexibility index (Phi) is 4.72. The second-order valence-corrected chi connectivity index (χ2v) is 6.23. The SMILES string of the molecule is CC(O)CC1CN(c2ccccc2)CCN1c1cccc(O)c1. The van der Waals surface area contributed by atoms with E-state index in [2.05, 4.69) is 34.1 Å². The van der Waals surface area contributed by atoms with Gasteiger partial charge in [-0.15, -0.1) is 0 Å². The number of aliphatic hydroxyl groups excluding tert-OH is 1. The van der Waals surface area contributed by atoms with Crippen LogP contribution in [0, 0.1) is 0 Å². The highest BCUT2D eigenvalue weighted by Crippen LogP contribution is 2.28. The molecule has 0 spiro atoms. The predicted octanol–water partition coefficient (Wildman–Crippen LogP) is 2.86. The van der Waals surface area contributed by atoms with E-state index in [9.17, 15) is 10.2 Å². The monoisotopic (exact) mass is 312 g/mol. The summed E-state index contributed by atoms with van der Waals surface area (Å²) in [6, 6.07) is 18.0. The third-order valence-corrected chi connectivity index (χ3v) is 4.38. The van der Waals surface area contributed by atoms with E-state index in [0.717, 1.165) is 25.3 Å². The van der Waals surface area contributed by atoms with Gasteiger partial charge in [0, 0.05) is 43.1 Å². The first kappa shape index (κ1) is 15.7. The lowest BCUT2D eigenvalue weighted by molar-refractivity contribution is 0.171. The molecule has 0 saturated carbocycles. The van der Waals surface area contributed by atoms with Crippen LogP contribution >= 0.6 is 0 Å². The molecule has 2 aromatic carbocycles. The Morgan fingerprint density at radius 1 is 1.04 bits per heavy atom. The number of anilines is 2. The highest BCUT2D eigenvalue weighted by Gasteiger charge is 2.28. The molecule has 1 heterocycles. The zero-order valence-electron chi connectivity index (χ0n) is 13.5. The highest BCUT2D eigenvalue weighted by atomic mass is 16.3. The van der Waals surface area contributed by atoms with E-state index < -0.39 is 0 Å². The molecule has 2 atom stereocenters. The van der Waals surface area contributed by atoms with Gasteiger partial charge in [0.15, 0.2) is 0 Å². The molecule has 4 nitrogen and oxygen atoms in total. The van der Waals surface area contributed by atoms with Gasteiger partial charge < -0.3 is 20.0 Å². The number of benzene rings is 2. The number of rotatable bonds is 4. The average molecular weight is 312 g/mol. The van der Waals surface area contributed by atoms with Gasteiger partial charge in [-0.25, -0.2) is 0 Å². The van der Waals surface area contributed by atoms with Crippen molar-refractivity contribution in [1.82, 2.24) is 0 Å². The number of nitrogens with zero attached hydrogens (tertiary/aromatic N) is 2. The fourth-order valence-corrected chi connectivity index (χ4v) is 3.34. The Labute approximate surface area is 137 Å². The summed E-state index contributed by atoms with van der Waals surface area (Å²) in [7, 11) is 0. The van der Waals surface area contributed by atoms with E-state index in [1.165, 1.54) is 5.69 Å². The number of para-hydroxylation sites is 1. The summed E-state index contributed by atoms with van der Waals surface area (Å²) >= 11 is 0. The van der Waals surface area contributed by atoms with Crippen LogP contribution in [0.2, 0.25) is 0 Å². The van der Waals surface area contributed by atoms with Gasteiger partial charge in [-0.2, -0.15) is 0 Å². The second kappa shape index (κ2) is 6.92. The maximum atomic E-state index is 9.89. The Morgan fingerprint density at radius 2 is 1.78 bits per heavy atom. The molecule has 1 aliphatic heterocycles. The van der Waals surface area contributed by atoms with Gasteiger partial charge in [0.25, 0.3) is 0 Å². The molecule has 1 saturated heterocycles. The van der Waals surface area contributed by atoms with E-state index in [0.29, 0.717) is 6.42 Å². The maximum Gasteiger partial charge on any atom is 0.117 e. The smallest absolute Gasteiger partial charge is 0.117 e. The van der Waals surface area contributed by atoms with Crippen LogP contribution in [0.5, 0.6) is 5.75 Å². The summed E-state index contributed by atoms with van der Waals surface area (Å²) in [5.74, 6) is 0.281. The van der Waals surface area contributed by atoms with Crippen LogP contribution in [0.1, 0.15) is 13.3 Å². The Balaban J connectivity index is 1.81. The van der Waals surface area contributed by atoms with Crippen molar-refractivity contribution in [1.29, 1.82) is 0 Å². The minimum absolute atomic E-state index is 0.214. The summed E-state index contributed by atoms with van der Waals surface area (Å²) in [4.78, 5) is 4.66. The van der Waals surface area contributed by atoms with Crippen LogP contribution in [0.15, 0.2) is 54.6 Å². The lowest BCUT2D eigenvalue weighted by Crippen LogP contribution is -2.54. The van der Waals surface area contributed by atoms with Crippen LogP contribution in [-0.4, -0.2) is 42.0 Å². The number of aromatic hydroxyl groups is 1.